The van der Waals surface area contributed by atoms with E-state index in [0.29, 0.717) is 0 Å². The number of benzene rings is 1. The largest absolute Gasteiger partial charge is 0.306 e. The van der Waals surface area contributed by atoms with Gasteiger partial charge in [-0.15, -0.1) is 11.3 Å². The van der Waals surface area contributed by atoms with Gasteiger partial charge in [0.15, 0.2) is 0 Å². The number of thiophene rings is 1. The Morgan fingerprint density at radius 1 is 1.26 bits per heavy atom. The second kappa shape index (κ2) is 6.31. The number of hydrogen-bond donors (Lipinski definition) is 1. The minimum atomic E-state index is -0.139. The average Bonchev–Trinajstić information content (AvgIpc) is 2.72. The van der Waals surface area contributed by atoms with Gasteiger partial charge in [-0.25, -0.2) is 4.39 Å². The van der Waals surface area contributed by atoms with Crippen LogP contribution in [-0.2, 0) is 0 Å². The molecule has 0 spiro atoms. The van der Waals surface area contributed by atoms with Gasteiger partial charge in [0, 0.05) is 15.3 Å². The zero-order valence-electron chi connectivity index (χ0n) is 11.7. The summed E-state index contributed by atoms with van der Waals surface area (Å²) in [6.45, 7) is 7.22. The summed E-state index contributed by atoms with van der Waals surface area (Å²) in [7, 11) is 0. The van der Waals surface area contributed by atoms with E-state index in [-0.39, 0.29) is 11.9 Å². The van der Waals surface area contributed by atoms with E-state index in [0.717, 1.165) is 18.5 Å². The number of hydrogen-bond acceptors (Lipinski definition) is 2. The smallest absolute Gasteiger partial charge is 0.128 e. The van der Waals surface area contributed by atoms with Crippen LogP contribution in [0.3, 0.4) is 0 Å². The highest BCUT2D eigenvalue weighted by Crippen LogP contribution is 2.31. The third-order valence-corrected chi connectivity index (χ3v) is 4.50. The van der Waals surface area contributed by atoms with Crippen molar-refractivity contribution in [3.8, 4) is 0 Å². The van der Waals surface area contributed by atoms with Gasteiger partial charge in [0.1, 0.15) is 5.82 Å². The Kier molecular flexibility index (Phi) is 4.72. The van der Waals surface area contributed by atoms with Crippen molar-refractivity contribution >= 4 is 11.3 Å². The molecular weight excluding hydrogens is 257 g/mol. The fraction of sp³-hybridized carbons (Fsp3) is 0.375. The van der Waals surface area contributed by atoms with E-state index in [2.05, 4.69) is 32.2 Å². The maximum atomic E-state index is 14.0. The van der Waals surface area contributed by atoms with E-state index in [9.17, 15) is 4.39 Å². The van der Waals surface area contributed by atoms with Crippen molar-refractivity contribution in [3.63, 3.8) is 0 Å². The summed E-state index contributed by atoms with van der Waals surface area (Å²) >= 11 is 1.75. The monoisotopic (exact) mass is 277 g/mol. The van der Waals surface area contributed by atoms with Gasteiger partial charge >= 0.3 is 0 Å². The molecule has 0 aliphatic rings. The first-order valence-electron chi connectivity index (χ1n) is 6.68. The summed E-state index contributed by atoms with van der Waals surface area (Å²) in [5.41, 5.74) is 2.01. The highest BCUT2D eigenvalue weighted by Gasteiger charge is 2.19. The Hall–Kier alpha value is -1.19. The number of aryl methyl sites for hydroxylation is 2. The van der Waals surface area contributed by atoms with Crippen molar-refractivity contribution in [2.24, 2.45) is 0 Å². The van der Waals surface area contributed by atoms with Crippen molar-refractivity contribution in [2.75, 3.05) is 6.54 Å². The molecule has 1 aromatic carbocycles. The Morgan fingerprint density at radius 3 is 2.58 bits per heavy atom. The molecule has 2 rings (SSSR count). The van der Waals surface area contributed by atoms with Gasteiger partial charge in [0.25, 0.3) is 0 Å². The zero-order valence-corrected chi connectivity index (χ0v) is 12.5. The Labute approximate surface area is 118 Å². The van der Waals surface area contributed by atoms with Crippen LogP contribution in [0.2, 0.25) is 0 Å². The van der Waals surface area contributed by atoms with Crippen molar-refractivity contribution < 1.29 is 4.39 Å². The predicted octanol–water partition coefficient (Wildman–Crippen LogP) is 4.59. The van der Waals surface area contributed by atoms with Gasteiger partial charge in [0.2, 0.25) is 0 Å². The number of rotatable bonds is 5. The van der Waals surface area contributed by atoms with Crippen LogP contribution < -0.4 is 5.32 Å². The van der Waals surface area contributed by atoms with Crippen molar-refractivity contribution in [2.45, 2.75) is 33.2 Å². The topological polar surface area (TPSA) is 12.0 Å². The lowest BCUT2D eigenvalue weighted by Crippen LogP contribution is -2.23. The summed E-state index contributed by atoms with van der Waals surface area (Å²) in [5, 5.41) is 3.45. The molecule has 2 aromatic rings. The van der Waals surface area contributed by atoms with Gasteiger partial charge in [-0.2, -0.15) is 0 Å². The van der Waals surface area contributed by atoms with E-state index in [1.54, 1.807) is 17.4 Å². The molecule has 0 amide bonds. The maximum absolute atomic E-state index is 14.0. The molecule has 0 saturated carbocycles. The van der Waals surface area contributed by atoms with Crippen molar-refractivity contribution in [1.29, 1.82) is 0 Å². The molecule has 3 heteroatoms. The van der Waals surface area contributed by atoms with Gasteiger partial charge in [-0.1, -0.05) is 25.1 Å². The lowest BCUT2D eigenvalue weighted by molar-refractivity contribution is 0.551. The summed E-state index contributed by atoms with van der Waals surface area (Å²) < 4.78 is 14.0. The van der Waals surface area contributed by atoms with Crippen LogP contribution in [0.15, 0.2) is 30.3 Å². The van der Waals surface area contributed by atoms with Crippen LogP contribution in [0.25, 0.3) is 0 Å². The lowest BCUT2D eigenvalue weighted by atomic mass is 10.0. The van der Waals surface area contributed by atoms with Crippen LogP contribution in [0.1, 0.15) is 40.3 Å². The first-order valence-corrected chi connectivity index (χ1v) is 7.50. The van der Waals surface area contributed by atoms with Crippen molar-refractivity contribution in [3.05, 3.63) is 57.0 Å². The van der Waals surface area contributed by atoms with Crippen LogP contribution in [0.5, 0.6) is 0 Å². The minimum absolute atomic E-state index is 0.0430. The molecule has 0 aliphatic carbocycles. The third kappa shape index (κ3) is 3.23. The van der Waals surface area contributed by atoms with Crippen LogP contribution >= 0.6 is 11.3 Å². The fourth-order valence-corrected chi connectivity index (χ4v) is 3.24. The highest BCUT2D eigenvalue weighted by atomic mass is 32.1. The Balaban J connectivity index is 2.38. The molecule has 1 N–H and O–H groups in total. The van der Waals surface area contributed by atoms with E-state index in [1.165, 1.54) is 21.4 Å². The zero-order chi connectivity index (χ0) is 13.8. The van der Waals surface area contributed by atoms with Crippen LogP contribution in [0.4, 0.5) is 4.39 Å². The quantitative estimate of drug-likeness (QED) is 0.842. The van der Waals surface area contributed by atoms with Gasteiger partial charge in [-0.3, -0.25) is 0 Å². The molecule has 19 heavy (non-hydrogen) atoms. The first kappa shape index (κ1) is 14.2. The molecular formula is C16H20FNS. The molecule has 1 atom stereocenters. The first-order chi connectivity index (χ1) is 9.13. The molecule has 1 heterocycles. The Morgan fingerprint density at radius 2 is 2.00 bits per heavy atom. The molecule has 1 unspecified atom stereocenters. The fourth-order valence-electron chi connectivity index (χ4n) is 2.11. The molecule has 0 aliphatic heterocycles. The predicted molar refractivity (Wildman–Crippen MR) is 80.3 cm³/mol. The van der Waals surface area contributed by atoms with Crippen molar-refractivity contribution in [1.82, 2.24) is 5.32 Å². The lowest BCUT2D eigenvalue weighted by Gasteiger charge is -2.18. The molecule has 0 saturated heterocycles. The molecule has 0 bridgehead atoms. The van der Waals surface area contributed by atoms with E-state index >= 15 is 0 Å². The Bertz CT molecular complexity index is 528. The third-order valence-electron chi connectivity index (χ3n) is 3.28. The molecule has 1 nitrogen and oxygen atoms in total. The van der Waals surface area contributed by atoms with E-state index < -0.39 is 0 Å². The maximum Gasteiger partial charge on any atom is 0.128 e. The highest BCUT2D eigenvalue weighted by molar-refractivity contribution is 7.12. The van der Waals surface area contributed by atoms with Gasteiger partial charge in [-0.05, 0) is 44.5 Å². The second-order valence-electron chi connectivity index (χ2n) is 4.80. The standard InChI is InChI=1S/C16H20FNS/c1-4-9-18-16(13-7-5-6-8-14(13)17)15-10-11(2)12(3)19-15/h5-8,10,16,18H,4,9H2,1-3H3. The summed E-state index contributed by atoms with van der Waals surface area (Å²) in [6, 6.07) is 9.15. The summed E-state index contributed by atoms with van der Waals surface area (Å²) in [6.07, 6.45) is 1.04. The molecule has 1 aromatic heterocycles. The number of halogens is 1. The SMILES string of the molecule is CCCNC(c1cc(C)c(C)s1)c1ccccc1F. The molecule has 0 fully saturated rings. The van der Waals surface area contributed by atoms with Gasteiger partial charge < -0.3 is 5.32 Å². The summed E-state index contributed by atoms with van der Waals surface area (Å²) in [5.74, 6) is -0.139. The second-order valence-corrected chi connectivity index (χ2v) is 6.08. The molecule has 102 valence electrons. The van der Waals surface area contributed by atoms with Gasteiger partial charge in [0.05, 0.1) is 6.04 Å². The van der Waals surface area contributed by atoms with E-state index in [4.69, 9.17) is 0 Å². The summed E-state index contributed by atoms with van der Waals surface area (Å²) in [4.78, 5) is 2.49. The van der Waals surface area contributed by atoms with Crippen LogP contribution in [-0.4, -0.2) is 6.54 Å². The average molecular weight is 277 g/mol. The normalized spacial score (nSPS) is 12.6. The minimum Gasteiger partial charge on any atom is -0.306 e. The van der Waals surface area contributed by atoms with Crippen LogP contribution in [0, 0.1) is 19.7 Å². The molecule has 0 radical (unpaired) electrons. The van der Waals surface area contributed by atoms with E-state index in [1.807, 2.05) is 12.1 Å². The number of nitrogens with one attached hydrogen (secondary N) is 1.